The molecule has 0 saturated heterocycles. The molecule has 3 rings (SSSR count). The Balaban J connectivity index is 1.65. The van der Waals surface area contributed by atoms with Gasteiger partial charge in [0.25, 0.3) is 0 Å². The fourth-order valence-electron chi connectivity index (χ4n) is 2.55. The second-order valence-electron chi connectivity index (χ2n) is 5.54. The lowest BCUT2D eigenvalue weighted by Crippen LogP contribution is -2.27. The van der Waals surface area contributed by atoms with Gasteiger partial charge in [-0.05, 0) is 42.2 Å². The van der Waals surface area contributed by atoms with E-state index in [2.05, 4.69) is 31.4 Å². The van der Waals surface area contributed by atoms with Gasteiger partial charge < -0.3 is 5.32 Å². The van der Waals surface area contributed by atoms with Crippen molar-refractivity contribution in [2.24, 2.45) is 0 Å². The maximum Gasteiger partial charge on any atom is 0.222 e. The van der Waals surface area contributed by atoms with Crippen LogP contribution in [-0.4, -0.2) is 20.7 Å². The van der Waals surface area contributed by atoms with Gasteiger partial charge >= 0.3 is 0 Å². The minimum absolute atomic E-state index is 0.0246. The predicted octanol–water partition coefficient (Wildman–Crippen LogP) is 4.70. The lowest BCUT2D eigenvalue weighted by atomic mass is 10.1. The molecule has 0 aliphatic carbocycles. The molecular weight excluding hydrogens is 420 g/mol. The number of benzene rings is 1. The molecular formula is C17H17BrN4OS2. The average molecular weight is 437 g/mol. The smallest absolute Gasteiger partial charge is 0.222 e. The number of amides is 1. The van der Waals surface area contributed by atoms with Gasteiger partial charge in [0.2, 0.25) is 5.91 Å². The van der Waals surface area contributed by atoms with Gasteiger partial charge in [-0.2, -0.15) is 5.10 Å². The summed E-state index contributed by atoms with van der Waals surface area (Å²) in [5, 5.41) is 12.1. The number of aromatic amines is 1. The highest BCUT2D eigenvalue weighted by atomic mass is 79.9. The van der Waals surface area contributed by atoms with E-state index in [9.17, 15) is 4.79 Å². The van der Waals surface area contributed by atoms with Crippen LogP contribution in [0.5, 0.6) is 0 Å². The molecule has 25 heavy (non-hydrogen) atoms. The first-order valence-electron chi connectivity index (χ1n) is 7.79. The summed E-state index contributed by atoms with van der Waals surface area (Å²) in [7, 11) is 0. The fraction of sp³-hybridized carbons (Fsp3) is 0.235. The van der Waals surface area contributed by atoms with Crippen LogP contribution in [0.2, 0.25) is 0 Å². The topological polar surface area (TPSA) is 62.7 Å². The summed E-state index contributed by atoms with van der Waals surface area (Å²) in [5.41, 5.74) is 1.05. The summed E-state index contributed by atoms with van der Waals surface area (Å²) in [6, 6.07) is 11.8. The van der Waals surface area contributed by atoms with Crippen molar-refractivity contribution in [2.45, 2.75) is 25.9 Å². The van der Waals surface area contributed by atoms with Crippen LogP contribution < -0.4 is 5.32 Å². The predicted molar refractivity (Wildman–Crippen MR) is 106 cm³/mol. The zero-order chi connectivity index (χ0) is 17.8. The molecule has 0 fully saturated rings. The fourth-order valence-corrected chi connectivity index (χ4v) is 4.12. The first-order chi connectivity index (χ1) is 12.1. The third kappa shape index (κ3) is 4.26. The van der Waals surface area contributed by atoms with E-state index in [0.29, 0.717) is 17.7 Å². The standard InChI is InChI=1S/C17H17BrN4OS2/c1-11(12-5-2-3-6-13(12)18)19-15(23)8-9-22-16(20-21-17(22)24)14-7-4-10-25-14/h2-7,10-11H,8-9H2,1H3,(H,19,23)(H,21,24). The number of carbonyl (C=O) groups excluding carboxylic acids is 1. The van der Waals surface area contributed by atoms with E-state index in [1.807, 2.05) is 53.3 Å². The lowest BCUT2D eigenvalue weighted by molar-refractivity contribution is -0.121. The highest BCUT2D eigenvalue weighted by Crippen LogP contribution is 2.24. The Bertz CT molecular complexity index is 917. The van der Waals surface area contributed by atoms with Gasteiger partial charge in [0.05, 0.1) is 10.9 Å². The molecule has 130 valence electrons. The molecule has 8 heteroatoms. The van der Waals surface area contributed by atoms with Crippen molar-refractivity contribution in [3.05, 3.63) is 56.6 Å². The van der Waals surface area contributed by atoms with Crippen LogP contribution in [0, 0.1) is 4.77 Å². The Morgan fingerprint density at radius 2 is 2.20 bits per heavy atom. The average Bonchev–Trinajstić information content (AvgIpc) is 3.23. The van der Waals surface area contributed by atoms with Crippen LogP contribution >= 0.6 is 39.5 Å². The molecule has 1 aromatic carbocycles. The van der Waals surface area contributed by atoms with Crippen LogP contribution in [-0.2, 0) is 11.3 Å². The number of H-pyrrole nitrogens is 1. The molecule has 5 nitrogen and oxygen atoms in total. The van der Waals surface area contributed by atoms with Gasteiger partial charge in [0, 0.05) is 17.4 Å². The minimum atomic E-state index is -0.0721. The number of hydrogen-bond donors (Lipinski definition) is 2. The molecule has 0 bridgehead atoms. The van der Waals surface area contributed by atoms with Crippen LogP contribution in [0.4, 0.5) is 0 Å². The maximum absolute atomic E-state index is 12.3. The third-order valence-corrected chi connectivity index (χ3v) is 5.71. The summed E-state index contributed by atoms with van der Waals surface area (Å²) in [6.07, 6.45) is 0.334. The molecule has 0 radical (unpaired) electrons. The molecule has 0 aliphatic heterocycles. The second kappa shape index (κ2) is 8.07. The van der Waals surface area contributed by atoms with E-state index in [4.69, 9.17) is 12.2 Å². The molecule has 0 aliphatic rings. The van der Waals surface area contributed by atoms with E-state index in [-0.39, 0.29) is 11.9 Å². The monoisotopic (exact) mass is 436 g/mol. The SMILES string of the molecule is CC(NC(=O)CCn1c(-c2cccs2)n[nH]c1=S)c1ccccc1Br. The van der Waals surface area contributed by atoms with E-state index >= 15 is 0 Å². The van der Waals surface area contributed by atoms with Gasteiger partial charge in [0.15, 0.2) is 10.6 Å². The number of hydrogen-bond acceptors (Lipinski definition) is 4. The Morgan fingerprint density at radius 1 is 1.40 bits per heavy atom. The first kappa shape index (κ1) is 18.0. The summed E-state index contributed by atoms with van der Waals surface area (Å²) in [5.74, 6) is 0.745. The second-order valence-corrected chi connectivity index (χ2v) is 7.73. The van der Waals surface area contributed by atoms with Crippen molar-refractivity contribution in [3.63, 3.8) is 0 Å². The zero-order valence-electron chi connectivity index (χ0n) is 13.5. The van der Waals surface area contributed by atoms with E-state index in [1.165, 1.54) is 0 Å². The number of thiophene rings is 1. The zero-order valence-corrected chi connectivity index (χ0v) is 16.7. The minimum Gasteiger partial charge on any atom is -0.349 e. The van der Waals surface area contributed by atoms with Gasteiger partial charge in [-0.25, -0.2) is 0 Å². The Labute approximate surface area is 163 Å². The molecule has 2 heterocycles. The van der Waals surface area contributed by atoms with Crippen molar-refractivity contribution >= 4 is 45.4 Å². The first-order valence-corrected chi connectivity index (χ1v) is 9.87. The number of halogens is 1. The van der Waals surface area contributed by atoms with E-state index in [1.54, 1.807) is 11.3 Å². The van der Waals surface area contributed by atoms with Crippen LogP contribution in [0.25, 0.3) is 10.7 Å². The molecule has 2 aromatic heterocycles. The summed E-state index contributed by atoms with van der Waals surface area (Å²) in [4.78, 5) is 13.4. The van der Waals surface area contributed by atoms with Crippen LogP contribution in [0.1, 0.15) is 24.9 Å². The molecule has 0 saturated carbocycles. The Hall–Kier alpha value is -1.77. The lowest BCUT2D eigenvalue weighted by Gasteiger charge is -2.16. The highest BCUT2D eigenvalue weighted by molar-refractivity contribution is 9.10. The summed E-state index contributed by atoms with van der Waals surface area (Å²) < 4.78 is 3.37. The van der Waals surface area contributed by atoms with Crippen LogP contribution in [0.3, 0.4) is 0 Å². The van der Waals surface area contributed by atoms with Crippen LogP contribution in [0.15, 0.2) is 46.3 Å². The number of rotatable bonds is 6. The van der Waals surface area contributed by atoms with Gasteiger partial charge in [-0.3, -0.25) is 14.5 Å². The molecule has 0 spiro atoms. The van der Waals surface area contributed by atoms with E-state index in [0.717, 1.165) is 20.7 Å². The van der Waals surface area contributed by atoms with Crippen molar-refractivity contribution in [2.75, 3.05) is 0 Å². The number of nitrogens with zero attached hydrogens (tertiary/aromatic N) is 2. The number of aromatic nitrogens is 3. The number of nitrogens with one attached hydrogen (secondary N) is 2. The van der Waals surface area contributed by atoms with E-state index < -0.39 is 0 Å². The number of carbonyl (C=O) groups is 1. The largest absolute Gasteiger partial charge is 0.349 e. The summed E-state index contributed by atoms with van der Waals surface area (Å²) >= 11 is 10.4. The van der Waals surface area contributed by atoms with Crippen molar-refractivity contribution < 1.29 is 4.79 Å². The van der Waals surface area contributed by atoms with Crippen molar-refractivity contribution in [3.8, 4) is 10.7 Å². The molecule has 1 amide bonds. The molecule has 3 aromatic rings. The van der Waals surface area contributed by atoms with Gasteiger partial charge in [-0.15, -0.1) is 11.3 Å². The van der Waals surface area contributed by atoms with Gasteiger partial charge in [-0.1, -0.05) is 40.2 Å². The highest BCUT2D eigenvalue weighted by Gasteiger charge is 2.14. The molecule has 1 atom stereocenters. The molecule has 2 N–H and O–H groups in total. The van der Waals surface area contributed by atoms with Crippen molar-refractivity contribution in [1.29, 1.82) is 0 Å². The van der Waals surface area contributed by atoms with Gasteiger partial charge in [0.1, 0.15) is 0 Å². The maximum atomic E-state index is 12.3. The Kier molecular flexibility index (Phi) is 5.82. The third-order valence-electron chi connectivity index (χ3n) is 3.81. The summed E-state index contributed by atoms with van der Waals surface area (Å²) in [6.45, 7) is 2.45. The Morgan fingerprint density at radius 3 is 2.92 bits per heavy atom. The van der Waals surface area contributed by atoms with Crippen molar-refractivity contribution in [1.82, 2.24) is 20.1 Å². The normalized spacial score (nSPS) is 12.1. The molecule has 1 unspecified atom stereocenters. The quantitative estimate of drug-likeness (QED) is 0.550.